The van der Waals surface area contributed by atoms with Gasteiger partial charge in [0.05, 0.1) is 11.0 Å². The summed E-state index contributed by atoms with van der Waals surface area (Å²) >= 11 is 0. The molecule has 0 saturated carbocycles. The standard InChI is InChI=1S/C14H20FNO2S/c1-11(9-12-4-6-13(15)7-5-12)16-10-14-3-2-8-19(14,17)18/h4-7,11,14,16H,2-3,8-10H2,1H3. The highest BCUT2D eigenvalue weighted by Crippen LogP contribution is 2.19. The minimum atomic E-state index is -2.87. The topological polar surface area (TPSA) is 46.2 Å². The number of halogens is 1. The minimum Gasteiger partial charge on any atom is -0.313 e. The van der Waals surface area contributed by atoms with Crippen LogP contribution in [0.25, 0.3) is 0 Å². The van der Waals surface area contributed by atoms with Crippen molar-refractivity contribution in [3.8, 4) is 0 Å². The molecular weight excluding hydrogens is 265 g/mol. The van der Waals surface area contributed by atoms with E-state index in [1.54, 1.807) is 12.1 Å². The van der Waals surface area contributed by atoms with Gasteiger partial charge in [-0.05, 0) is 43.9 Å². The summed E-state index contributed by atoms with van der Waals surface area (Å²) in [6, 6.07) is 6.60. The van der Waals surface area contributed by atoms with Gasteiger partial charge in [-0.25, -0.2) is 12.8 Å². The molecule has 0 amide bonds. The lowest BCUT2D eigenvalue weighted by Crippen LogP contribution is -2.37. The van der Waals surface area contributed by atoms with Gasteiger partial charge in [-0.1, -0.05) is 12.1 Å². The molecule has 0 aromatic heterocycles. The summed E-state index contributed by atoms with van der Waals surface area (Å²) in [6.45, 7) is 2.54. The molecule has 1 aromatic rings. The Bertz CT molecular complexity index is 513. The van der Waals surface area contributed by atoms with E-state index in [1.165, 1.54) is 12.1 Å². The third-order valence-electron chi connectivity index (χ3n) is 3.61. The van der Waals surface area contributed by atoms with E-state index in [4.69, 9.17) is 0 Å². The molecule has 1 aliphatic heterocycles. The van der Waals surface area contributed by atoms with Crippen molar-refractivity contribution in [2.24, 2.45) is 0 Å². The second-order valence-electron chi connectivity index (χ2n) is 5.27. The van der Waals surface area contributed by atoms with Crippen LogP contribution in [0.2, 0.25) is 0 Å². The van der Waals surface area contributed by atoms with Crippen LogP contribution in [0.1, 0.15) is 25.3 Å². The summed E-state index contributed by atoms with van der Waals surface area (Å²) in [6.07, 6.45) is 2.31. The summed E-state index contributed by atoms with van der Waals surface area (Å²) in [7, 11) is -2.87. The van der Waals surface area contributed by atoms with E-state index in [0.29, 0.717) is 12.3 Å². The fourth-order valence-electron chi connectivity index (χ4n) is 2.47. The molecule has 19 heavy (non-hydrogen) atoms. The number of sulfone groups is 1. The highest BCUT2D eigenvalue weighted by atomic mass is 32.2. The van der Waals surface area contributed by atoms with Crippen LogP contribution in [-0.4, -0.2) is 32.0 Å². The van der Waals surface area contributed by atoms with E-state index in [2.05, 4.69) is 5.32 Å². The van der Waals surface area contributed by atoms with Crippen LogP contribution in [-0.2, 0) is 16.3 Å². The van der Waals surface area contributed by atoms with E-state index in [1.807, 2.05) is 6.92 Å². The first kappa shape index (κ1) is 14.5. The molecule has 5 heteroatoms. The summed E-state index contributed by atoms with van der Waals surface area (Å²) in [5, 5.41) is 3.04. The summed E-state index contributed by atoms with van der Waals surface area (Å²) < 4.78 is 36.2. The molecule has 0 bridgehead atoms. The molecule has 106 valence electrons. The van der Waals surface area contributed by atoms with Crippen molar-refractivity contribution in [3.05, 3.63) is 35.6 Å². The Morgan fingerprint density at radius 3 is 2.63 bits per heavy atom. The Labute approximate surface area is 114 Å². The van der Waals surface area contributed by atoms with Gasteiger partial charge in [0, 0.05) is 12.6 Å². The normalized spacial score (nSPS) is 23.4. The van der Waals surface area contributed by atoms with Gasteiger partial charge < -0.3 is 5.32 Å². The number of nitrogens with one attached hydrogen (secondary N) is 1. The summed E-state index contributed by atoms with van der Waals surface area (Å²) in [5.41, 5.74) is 1.05. The minimum absolute atomic E-state index is 0.182. The third kappa shape index (κ3) is 4.01. The van der Waals surface area contributed by atoms with Crippen molar-refractivity contribution in [2.75, 3.05) is 12.3 Å². The second-order valence-corrected chi connectivity index (χ2v) is 7.67. The van der Waals surface area contributed by atoms with Gasteiger partial charge in [0.2, 0.25) is 0 Å². The maximum atomic E-state index is 12.8. The van der Waals surface area contributed by atoms with Crippen molar-refractivity contribution in [1.82, 2.24) is 5.32 Å². The zero-order chi connectivity index (χ0) is 13.9. The van der Waals surface area contributed by atoms with Gasteiger partial charge in [-0.3, -0.25) is 0 Å². The maximum Gasteiger partial charge on any atom is 0.154 e. The van der Waals surface area contributed by atoms with E-state index >= 15 is 0 Å². The molecule has 1 aromatic carbocycles. The molecule has 1 fully saturated rings. The van der Waals surface area contributed by atoms with Crippen molar-refractivity contribution in [1.29, 1.82) is 0 Å². The number of hydrogen-bond donors (Lipinski definition) is 1. The van der Waals surface area contributed by atoms with Crippen LogP contribution >= 0.6 is 0 Å². The summed E-state index contributed by atoms with van der Waals surface area (Å²) in [5.74, 6) is 0.0903. The lowest BCUT2D eigenvalue weighted by atomic mass is 10.1. The largest absolute Gasteiger partial charge is 0.313 e. The van der Waals surface area contributed by atoms with Gasteiger partial charge in [0.15, 0.2) is 9.84 Å². The van der Waals surface area contributed by atoms with Crippen LogP contribution in [0.3, 0.4) is 0 Å². The highest BCUT2D eigenvalue weighted by Gasteiger charge is 2.30. The first-order valence-corrected chi connectivity index (χ1v) is 8.38. The van der Waals surface area contributed by atoms with Gasteiger partial charge in [0.25, 0.3) is 0 Å². The van der Waals surface area contributed by atoms with Crippen LogP contribution in [0.15, 0.2) is 24.3 Å². The number of hydrogen-bond acceptors (Lipinski definition) is 3. The molecule has 0 radical (unpaired) electrons. The van der Waals surface area contributed by atoms with E-state index in [0.717, 1.165) is 24.8 Å². The SMILES string of the molecule is CC(Cc1ccc(F)cc1)NCC1CCCS1(=O)=O. The monoisotopic (exact) mass is 285 g/mol. The lowest BCUT2D eigenvalue weighted by molar-refractivity contribution is 0.521. The Morgan fingerprint density at radius 1 is 1.37 bits per heavy atom. The van der Waals surface area contributed by atoms with Gasteiger partial charge in [-0.15, -0.1) is 0 Å². The molecule has 1 heterocycles. The van der Waals surface area contributed by atoms with Gasteiger partial charge >= 0.3 is 0 Å². The second kappa shape index (κ2) is 6.01. The van der Waals surface area contributed by atoms with Crippen molar-refractivity contribution >= 4 is 9.84 Å². The highest BCUT2D eigenvalue weighted by molar-refractivity contribution is 7.92. The van der Waals surface area contributed by atoms with Crippen LogP contribution in [0, 0.1) is 5.82 Å². The van der Waals surface area contributed by atoms with Crippen molar-refractivity contribution in [2.45, 2.75) is 37.5 Å². The quantitative estimate of drug-likeness (QED) is 0.899. The first-order valence-electron chi connectivity index (χ1n) is 6.67. The smallest absolute Gasteiger partial charge is 0.154 e. The molecule has 2 atom stereocenters. The molecule has 2 rings (SSSR count). The van der Waals surface area contributed by atoms with E-state index in [-0.39, 0.29) is 17.1 Å². The van der Waals surface area contributed by atoms with Crippen LogP contribution < -0.4 is 5.32 Å². The molecule has 1 N–H and O–H groups in total. The molecule has 1 saturated heterocycles. The van der Waals surface area contributed by atoms with Gasteiger partial charge in [-0.2, -0.15) is 0 Å². The van der Waals surface area contributed by atoms with Crippen molar-refractivity contribution in [3.63, 3.8) is 0 Å². The Kier molecular flexibility index (Phi) is 4.58. The van der Waals surface area contributed by atoms with E-state index in [9.17, 15) is 12.8 Å². The molecule has 2 unspecified atom stereocenters. The average molecular weight is 285 g/mol. The molecule has 0 aliphatic carbocycles. The van der Waals surface area contributed by atoms with Crippen molar-refractivity contribution < 1.29 is 12.8 Å². The zero-order valence-corrected chi connectivity index (χ0v) is 11.9. The fourth-order valence-corrected chi connectivity index (χ4v) is 4.24. The first-order chi connectivity index (χ1) is 8.97. The lowest BCUT2D eigenvalue weighted by Gasteiger charge is -2.17. The Hall–Kier alpha value is -0.940. The molecule has 1 aliphatic rings. The Morgan fingerprint density at radius 2 is 2.05 bits per heavy atom. The Balaban J connectivity index is 1.82. The molecule has 3 nitrogen and oxygen atoms in total. The van der Waals surface area contributed by atoms with E-state index < -0.39 is 9.84 Å². The maximum absolute atomic E-state index is 12.8. The average Bonchev–Trinajstić information content (AvgIpc) is 2.69. The molecule has 0 spiro atoms. The predicted octanol–water partition coefficient (Wildman–Crippen LogP) is 1.92. The summed E-state index contributed by atoms with van der Waals surface area (Å²) in [4.78, 5) is 0. The third-order valence-corrected chi connectivity index (χ3v) is 5.89. The molecular formula is C14H20FNO2S. The zero-order valence-electron chi connectivity index (χ0n) is 11.1. The van der Waals surface area contributed by atoms with Crippen LogP contribution in [0.4, 0.5) is 4.39 Å². The van der Waals surface area contributed by atoms with Crippen LogP contribution in [0.5, 0.6) is 0 Å². The van der Waals surface area contributed by atoms with Gasteiger partial charge in [0.1, 0.15) is 5.82 Å². The number of rotatable bonds is 5. The fraction of sp³-hybridized carbons (Fsp3) is 0.571. The number of benzene rings is 1. The predicted molar refractivity (Wildman–Crippen MR) is 74.4 cm³/mol.